The van der Waals surface area contributed by atoms with Crippen molar-refractivity contribution in [2.45, 2.75) is 25.4 Å². The quantitative estimate of drug-likeness (QED) is 0.711. The van der Waals surface area contributed by atoms with Crippen LogP contribution in [-0.2, 0) is 6.54 Å². The molecule has 1 N–H and O–H groups in total. The second-order valence-electron chi connectivity index (χ2n) is 6.65. The third kappa shape index (κ3) is 3.45. The van der Waals surface area contributed by atoms with Gasteiger partial charge in [-0.2, -0.15) is 0 Å². The highest BCUT2D eigenvalue weighted by atomic mass is 19.1. The number of nitrogens with one attached hydrogen (secondary N) is 1. The van der Waals surface area contributed by atoms with Crippen LogP contribution in [0.5, 0.6) is 0 Å². The van der Waals surface area contributed by atoms with Crippen molar-refractivity contribution in [3.8, 4) is 11.4 Å². The standard InChI is InChI=1S/C20H18F2N4O2/c21-15-7-4-8-16(22)17(15)19(27)23-11-12-25-20(28)26(14-9-10-14)18(24-25)13-5-2-1-3-6-13/h1-8,14H,9-12H2,(H,23,27). The summed E-state index contributed by atoms with van der Waals surface area (Å²) in [7, 11) is 0. The minimum Gasteiger partial charge on any atom is -0.350 e. The summed E-state index contributed by atoms with van der Waals surface area (Å²) in [6, 6.07) is 12.8. The largest absolute Gasteiger partial charge is 0.350 e. The molecule has 2 aromatic carbocycles. The Morgan fingerprint density at radius 2 is 1.75 bits per heavy atom. The normalized spacial score (nSPS) is 13.5. The first-order valence-electron chi connectivity index (χ1n) is 9.03. The van der Waals surface area contributed by atoms with Gasteiger partial charge in [0, 0.05) is 18.2 Å². The monoisotopic (exact) mass is 384 g/mol. The van der Waals surface area contributed by atoms with Crippen molar-refractivity contribution in [1.29, 1.82) is 0 Å². The van der Waals surface area contributed by atoms with Gasteiger partial charge < -0.3 is 5.32 Å². The summed E-state index contributed by atoms with van der Waals surface area (Å²) in [6.45, 7) is 0.114. The van der Waals surface area contributed by atoms with Crippen molar-refractivity contribution in [3.63, 3.8) is 0 Å². The summed E-state index contributed by atoms with van der Waals surface area (Å²) in [5, 5.41) is 6.86. The molecule has 0 atom stereocenters. The van der Waals surface area contributed by atoms with Gasteiger partial charge in [0.1, 0.15) is 17.2 Å². The van der Waals surface area contributed by atoms with E-state index in [-0.39, 0.29) is 24.8 Å². The molecule has 1 amide bonds. The van der Waals surface area contributed by atoms with Crippen molar-refractivity contribution >= 4 is 5.91 Å². The van der Waals surface area contributed by atoms with Crippen LogP contribution in [0.2, 0.25) is 0 Å². The summed E-state index contributed by atoms with van der Waals surface area (Å²) in [4.78, 5) is 24.8. The zero-order chi connectivity index (χ0) is 19.7. The molecule has 0 aliphatic heterocycles. The summed E-state index contributed by atoms with van der Waals surface area (Å²) < 4.78 is 30.3. The first kappa shape index (κ1) is 18.1. The highest BCUT2D eigenvalue weighted by molar-refractivity contribution is 5.94. The summed E-state index contributed by atoms with van der Waals surface area (Å²) in [6.07, 6.45) is 1.85. The van der Waals surface area contributed by atoms with Gasteiger partial charge in [0.05, 0.1) is 6.54 Å². The van der Waals surface area contributed by atoms with Gasteiger partial charge in [0.2, 0.25) is 0 Å². The van der Waals surface area contributed by atoms with Crippen LogP contribution in [0.15, 0.2) is 53.3 Å². The van der Waals surface area contributed by atoms with Gasteiger partial charge >= 0.3 is 5.69 Å². The van der Waals surface area contributed by atoms with Crippen molar-refractivity contribution in [1.82, 2.24) is 19.7 Å². The van der Waals surface area contributed by atoms with E-state index in [0.29, 0.717) is 5.82 Å². The Balaban J connectivity index is 1.51. The van der Waals surface area contributed by atoms with Gasteiger partial charge in [0.15, 0.2) is 5.82 Å². The van der Waals surface area contributed by atoms with Crippen LogP contribution in [-0.4, -0.2) is 26.8 Å². The fraction of sp³-hybridized carbons (Fsp3) is 0.250. The van der Waals surface area contributed by atoms with Gasteiger partial charge in [-0.05, 0) is 25.0 Å². The average Bonchev–Trinajstić information content (AvgIpc) is 3.46. The number of hydrogen-bond donors (Lipinski definition) is 1. The summed E-state index contributed by atoms with van der Waals surface area (Å²) in [5.74, 6) is -2.15. The molecule has 0 saturated heterocycles. The molecule has 8 heteroatoms. The van der Waals surface area contributed by atoms with Gasteiger partial charge in [-0.3, -0.25) is 9.36 Å². The molecule has 6 nitrogen and oxygen atoms in total. The highest BCUT2D eigenvalue weighted by Crippen LogP contribution is 2.36. The molecule has 144 valence electrons. The first-order chi connectivity index (χ1) is 13.6. The maximum Gasteiger partial charge on any atom is 0.346 e. The number of amides is 1. The lowest BCUT2D eigenvalue weighted by Crippen LogP contribution is -2.32. The molecule has 1 heterocycles. The van der Waals surface area contributed by atoms with E-state index in [0.717, 1.165) is 30.5 Å². The Morgan fingerprint density at radius 1 is 1.07 bits per heavy atom. The Morgan fingerprint density at radius 3 is 2.39 bits per heavy atom. The smallest absolute Gasteiger partial charge is 0.346 e. The molecule has 1 fully saturated rings. The highest BCUT2D eigenvalue weighted by Gasteiger charge is 2.30. The van der Waals surface area contributed by atoms with E-state index < -0.39 is 23.1 Å². The van der Waals surface area contributed by atoms with Gasteiger partial charge in [0.25, 0.3) is 5.91 Å². The molecule has 28 heavy (non-hydrogen) atoms. The van der Waals surface area contributed by atoms with Crippen LogP contribution in [0, 0.1) is 11.6 Å². The number of benzene rings is 2. The average molecular weight is 384 g/mol. The molecule has 1 aliphatic carbocycles. The fourth-order valence-electron chi connectivity index (χ4n) is 3.09. The molecule has 0 unspecified atom stereocenters. The first-order valence-corrected chi connectivity index (χ1v) is 9.03. The number of carbonyl (C=O) groups excluding carboxylic acids is 1. The molecule has 0 radical (unpaired) electrons. The zero-order valence-corrected chi connectivity index (χ0v) is 14.9. The summed E-state index contributed by atoms with van der Waals surface area (Å²) >= 11 is 0. The number of rotatable bonds is 6. The minimum atomic E-state index is -0.931. The summed E-state index contributed by atoms with van der Waals surface area (Å²) in [5.41, 5.74) is -0.0567. The van der Waals surface area contributed by atoms with E-state index in [1.807, 2.05) is 30.3 Å². The number of nitrogens with zero attached hydrogens (tertiary/aromatic N) is 3. The molecule has 0 spiro atoms. The SMILES string of the molecule is O=C(NCCn1nc(-c2ccccc2)n(C2CC2)c1=O)c1c(F)cccc1F. The van der Waals surface area contributed by atoms with E-state index in [1.54, 1.807) is 4.57 Å². The predicted octanol–water partition coefficient (Wildman–Crippen LogP) is 2.75. The van der Waals surface area contributed by atoms with Crippen LogP contribution in [0.4, 0.5) is 8.78 Å². The van der Waals surface area contributed by atoms with Crippen molar-refractivity contribution in [2.75, 3.05) is 6.54 Å². The fourth-order valence-corrected chi connectivity index (χ4v) is 3.09. The number of carbonyl (C=O) groups is 1. The molecule has 4 rings (SSSR count). The molecular formula is C20H18F2N4O2. The van der Waals surface area contributed by atoms with Crippen molar-refractivity contribution in [2.24, 2.45) is 0 Å². The van der Waals surface area contributed by atoms with E-state index in [9.17, 15) is 18.4 Å². The Labute approximate surface area is 159 Å². The lowest BCUT2D eigenvalue weighted by Gasteiger charge is -2.06. The van der Waals surface area contributed by atoms with Gasteiger partial charge in [-0.1, -0.05) is 36.4 Å². The zero-order valence-electron chi connectivity index (χ0n) is 14.9. The predicted molar refractivity (Wildman–Crippen MR) is 98.9 cm³/mol. The van der Waals surface area contributed by atoms with E-state index in [1.165, 1.54) is 10.7 Å². The molecule has 1 aliphatic rings. The van der Waals surface area contributed by atoms with Crippen molar-refractivity contribution in [3.05, 3.63) is 76.2 Å². The number of halogens is 2. The maximum absolute atomic E-state index is 13.7. The molecular weight excluding hydrogens is 366 g/mol. The Bertz CT molecular complexity index is 1050. The molecule has 3 aromatic rings. The Kier molecular flexibility index (Phi) is 4.77. The van der Waals surface area contributed by atoms with Gasteiger partial charge in [-0.15, -0.1) is 5.10 Å². The van der Waals surface area contributed by atoms with Crippen LogP contribution >= 0.6 is 0 Å². The number of hydrogen-bond acceptors (Lipinski definition) is 3. The number of aromatic nitrogens is 3. The third-order valence-electron chi connectivity index (χ3n) is 4.61. The molecule has 0 bridgehead atoms. The van der Waals surface area contributed by atoms with Crippen LogP contribution in [0.3, 0.4) is 0 Å². The van der Waals surface area contributed by atoms with Crippen molar-refractivity contribution < 1.29 is 13.6 Å². The van der Waals surface area contributed by atoms with Crippen LogP contribution in [0.1, 0.15) is 29.2 Å². The van der Waals surface area contributed by atoms with E-state index >= 15 is 0 Å². The van der Waals surface area contributed by atoms with Gasteiger partial charge in [-0.25, -0.2) is 18.3 Å². The lowest BCUT2D eigenvalue weighted by molar-refractivity contribution is 0.0943. The van der Waals surface area contributed by atoms with E-state index in [2.05, 4.69) is 10.4 Å². The topological polar surface area (TPSA) is 68.9 Å². The lowest BCUT2D eigenvalue weighted by atomic mass is 10.2. The van der Waals surface area contributed by atoms with Crippen LogP contribution < -0.4 is 11.0 Å². The van der Waals surface area contributed by atoms with Crippen LogP contribution in [0.25, 0.3) is 11.4 Å². The molecule has 1 aromatic heterocycles. The maximum atomic E-state index is 13.7. The second-order valence-corrected chi connectivity index (χ2v) is 6.65. The van der Waals surface area contributed by atoms with E-state index in [4.69, 9.17) is 0 Å². The third-order valence-corrected chi connectivity index (χ3v) is 4.61. The minimum absolute atomic E-state index is 0.0163. The Hall–Kier alpha value is -3.29. The molecule has 1 saturated carbocycles. The second kappa shape index (κ2) is 7.38.